The number of rotatable bonds is 11. The number of nitrogens with one attached hydrogen (secondary N) is 3. The lowest BCUT2D eigenvalue weighted by atomic mass is 9.89. The number of amides is 4. The topological polar surface area (TPSA) is 150 Å². The van der Waals surface area contributed by atoms with Gasteiger partial charge in [-0.25, -0.2) is 0 Å². The number of carbonyl (C=O) groups is 4. The van der Waals surface area contributed by atoms with Gasteiger partial charge in [-0.3, -0.25) is 39.2 Å². The predicted octanol–water partition coefficient (Wildman–Crippen LogP) is 5.02. The van der Waals surface area contributed by atoms with Crippen molar-refractivity contribution in [2.45, 2.75) is 94.5 Å². The maximum Gasteiger partial charge on any atom is 0.417 e. The monoisotopic (exact) mass is 850 g/mol. The molecule has 6 rings (SSSR count). The maximum atomic E-state index is 14.3. The maximum absolute atomic E-state index is 14.3. The van der Waals surface area contributed by atoms with Crippen molar-refractivity contribution in [3.05, 3.63) is 53.6 Å². The summed E-state index contributed by atoms with van der Waals surface area (Å²) in [4.78, 5) is 55.7. The number of hydrogen-bond donors (Lipinski definition) is 3. The van der Waals surface area contributed by atoms with Crippen LogP contribution in [0.3, 0.4) is 0 Å². The molecule has 1 saturated carbocycles. The van der Waals surface area contributed by atoms with E-state index in [1.54, 1.807) is 47.9 Å². The van der Waals surface area contributed by atoms with Gasteiger partial charge in [0.25, 0.3) is 5.91 Å². The van der Waals surface area contributed by atoms with Gasteiger partial charge in [-0.15, -0.1) is 0 Å². The highest BCUT2D eigenvalue weighted by atomic mass is 32.1. The number of thiocarbonyl (C=S) groups is 1. The lowest BCUT2D eigenvalue weighted by Gasteiger charge is -2.42. The van der Waals surface area contributed by atoms with Gasteiger partial charge < -0.3 is 20.3 Å². The van der Waals surface area contributed by atoms with Crippen molar-refractivity contribution in [1.82, 2.24) is 20.0 Å². The molecule has 3 saturated heterocycles. The van der Waals surface area contributed by atoms with Crippen molar-refractivity contribution in [3.63, 3.8) is 0 Å². The normalized spacial score (nSPS) is 24.5. The highest BCUT2D eigenvalue weighted by Crippen LogP contribution is 2.41. The van der Waals surface area contributed by atoms with Crippen molar-refractivity contribution < 1.29 is 50.3 Å². The first-order chi connectivity index (χ1) is 27.8. The Morgan fingerprint density at radius 3 is 2.37 bits per heavy atom. The zero-order chi connectivity index (χ0) is 42.9. The summed E-state index contributed by atoms with van der Waals surface area (Å²) in [7, 11) is 0. The fourth-order valence-electron chi connectivity index (χ4n) is 8.16. The first-order valence-corrected chi connectivity index (χ1v) is 19.6. The number of piperazine rings is 1. The summed E-state index contributed by atoms with van der Waals surface area (Å²) in [6.45, 7) is 3.13. The van der Waals surface area contributed by atoms with Crippen LogP contribution in [-0.4, -0.2) is 119 Å². The van der Waals surface area contributed by atoms with Gasteiger partial charge in [-0.1, -0.05) is 6.07 Å². The molecule has 59 heavy (non-hydrogen) atoms. The zero-order valence-electron chi connectivity index (χ0n) is 32.3. The molecule has 3 N–H and O–H groups in total. The summed E-state index contributed by atoms with van der Waals surface area (Å²) < 4.78 is 90.1. The zero-order valence-corrected chi connectivity index (χ0v) is 33.1. The first-order valence-electron chi connectivity index (χ1n) is 19.2. The van der Waals surface area contributed by atoms with Gasteiger partial charge >= 0.3 is 12.4 Å². The van der Waals surface area contributed by atoms with Gasteiger partial charge in [-0.2, -0.15) is 31.6 Å². The van der Waals surface area contributed by atoms with Crippen LogP contribution in [0.1, 0.15) is 63.5 Å². The number of nitrogens with zero attached hydrogens (tertiary/aromatic N) is 5. The van der Waals surface area contributed by atoms with E-state index in [1.807, 2.05) is 0 Å². The van der Waals surface area contributed by atoms with E-state index in [2.05, 4.69) is 16.0 Å². The average molecular weight is 851 g/mol. The molecule has 0 aromatic heterocycles. The van der Waals surface area contributed by atoms with Gasteiger partial charge in [0.1, 0.15) is 17.6 Å². The molecule has 1 aliphatic carbocycles. The summed E-state index contributed by atoms with van der Waals surface area (Å²) in [5, 5.41) is 17.2. The molecule has 0 radical (unpaired) electrons. The lowest BCUT2D eigenvalue weighted by Crippen LogP contribution is -2.60. The number of benzene rings is 2. The van der Waals surface area contributed by atoms with Crippen LogP contribution < -0.4 is 20.9 Å². The molecule has 4 amide bonds. The number of carbonyl (C=O) groups excluding carboxylic acids is 4. The number of alkyl halides is 6. The number of imide groups is 1. The Labute approximate surface area is 342 Å². The van der Waals surface area contributed by atoms with Crippen molar-refractivity contribution >= 4 is 58.0 Å². The van der Waals surface area contributed by atoms with E-state index >= 15 is 0 Å². The molecule has 3 aliphatic heterocycles. The Kier molecular flexibility index (Phi) is 12.9. The molecule has 13 nitrogen and oxygen atoms in total. The van der Waals surface area contributed by atoms with Crippen molar-refractivity contribution in [3.8, 4) is 6.07 Å². The van der Waals surface area contributed by atoms with Gasteiger partial charge in [0.2, 0.25) is 17.7 Å². The Hall–Kier alpha value is -4.84. The van der Waals surface area contributed by atoms with E-state index in [4.69, 9.17) is 17.0 Å². The second-order valence-corrected chi connectivity index (χ2v) is 16.0. The van der Waals surface area contributed by atoms with Crippen LogP contribution in [0.5, 0.6) is 0 Å². The first kappa shape index (κ1) is 43.7. The summed E-state index contributed by atoms with van der Waals surface area (Å²) >= 11 is 5.67. The smallest absolute Gasteiger partial charge is 0.377 e. The van der Waals surface area contributed by atoms with E-state index in [-0.39, 0.29) is 68.1 Å². The highest BCUT2D eigenvalue weighted by Gasteiger charge is 2.53. The largest absolute Gasteiger partial charge is 0.417 e. The molecular weight excluding hydrogens is 807 g/mol. The van der Waals surface area contributed by atoms with E-state index < -0.39 is 65.4 Å². The van der Waals surface area contributed by atoms with Crippen LogP contribution in [-0.2, 0) is 30.1 Å². The molecule has 20 heteroatoms. The number of nitriles is 1. The molecule has 2 aromatic carbocycles. The Morgan fingerprint density at radius 2 is 1.71 bits per heavy atom. The third-order valence-corrected chi connectivity index (χ3v) is 11.6. The second kappa shape index (κ2) is 17.4. The molecule has 4 aliphatic rings. The average Bonchev–Trinajstić information content (AvgIpc) is 3.34. The molecular formula is C39H44F6N8O5S. The van der Waals surface area contributed by atoms with Crippen LogP contribution >= 0.6 is 12.2 Å². The standard InChI is InChI=1S/C39H44F6N8O5S/c1-37(2)35(57)52(27-7-6-23(20-46)29(19-27)38(40,41)42)36(59)53(37)26-8-10-28(11-9-26)58-17-16-50-14-15-51(31(21-50)39(43,44)45)22-33(55)48-25-5-3-4-24(18-25)47-30-12-13-32(54)49-34(30)56/h3-7,18-19,26,28,30-31,47H,8-17,21-22H2,1-2H3,(H,48,55)(H,49,54,56)/t26-,28-,30?,31-/m0/s1. The quantitative estimate of drug-likeness (QED) is 0.159. The molecule has 1 unspecified atom stereocenters. The summed E-state index contributed by atoms with van der Waals surface area (Å²) in [6, 6.07) is 8.24. The number of piperidine rings is 1. The fraction of sp³-hybridized carbons (Fsp3) is 0.538. The fourth-order valence-corrected chi connectivity index (χ4v) is 8.72. The summed E-state index contributed by atoms with van der Waals surface area (Å²) in [5.74, 6) is -1.96. The van der Waals surface area contributed by atoms with Crippen LogP contribution in [0.25, 0.3) is 0 Å². The molecule has 0 bridgehead atoms. The SMILES string of the molecule is CC1(C)C(=O)N(c2ccc(C#N)c(C(F)(F)F)c2)C(=S)N1[C@H]1CC[C@H](OCCN2CCN(CC(=O)Nc3cccc(NC4CCC(=O)NC4=O)c3)[C@H](C(F)(F)F)C2)CC1. The molecule has 318 valence electrons. The minimum Gasteiger partial charge on any atom is -0.377 e. The van der Waals surface area contributed by atoms with E-state index in [9.17, 15) is 50.8 Å². The van der Waals surface area contributed by atoms with Crippen molar-refractivity contribution in [1.29, 1.82) is 5.26 Å². The molecule has 2 aromatic rings. The van der Waals surface area contributed by atoms with Crippen molar-refractivity contribution in [2.24, 2.45) is 0 Å². The third kappa shape index (κ3) is 9.97. The van der Waals surface area contributed by atoms with Gasteiger partial charge in [0, 0.05) is 50.0 Å². The van der Waals surface area contributed by atoms with Crippen LogP contribution in [0.2, 0.25) is 0 Å². The highest BCUT2D eigenvalue weighted by molar-refractivity contribution is 7.80. The molecule has 0 spiro atoms. The minimum absolute atomic E-state index is 0.0128. The van der Waals surface area contributed by atoms with E-state index in [1.165, 1.54) is 12.1 Å². The summed E-state index contributed by atoms with van der Waals surface area (Å²) in [6.07, 6.45) is -6.93. The van der Waals surface area contributed by atoms with Crippen LogP contribution in [0.15, 0.2) is 42.5 Å². The van der Waals surface area contributed by atoms with E-state index in [0.29, 0.717) is 43.5 Å². The number of halogens is 6. The van der Waals surface area contributed by atoms with Gasteiger partial charge in [0.15, 0.2) is 5.11 Å². The minimum atomic E-state index is -4.82. The molecule has 3 heterocycles. The number of ether oxygens (including phenoxy) is 1. The Bertz CT molecular complexity index is 2000. The predicted molar refractivity (Wildman–Crippen MR) is 207 cm³/mol. The lowest BCUT2D eigenvalue weighted by molar-refractivity contribution is -0.197. The van der Waals surface area contributed by atoms with Gasteiger partial charge in [-0.05, 0) is 94.6 Å². The van der Waals surface area contributed by atoms with E-state index in [0.717, 1.165) is 21.9 Å². The third-order valence-electron chi connectivity index (χ3n) is 11.2. The van der Waals surface area contributed by atoms with Crippen molar-refractivity contribution in [2.75, 3.05) is 54.9 Å². The van der Waals surface area contributed by atoms with Crippen LogP contribution in [0.4, 0.5) is 43.4 Å². The molecule has 4 fully saturated rings. The summed E-state index contributed by atoms with van der Waals surface area (Å²) in [5.41, 5.74) is -2.16. The van der Waals surface area contributed by atoms with Gasteiger partial charge in [0.05, 0.1) is 42.1 Å². The van der Waals surface area contributed by atoms with Crippen LogP contribution in [0, 0.1) is 11.3 Å². The second-order valence-electron chi connectivity index (χ2n) is 15.6. The molecule has 2 atom stereocenters. The Morgan fingerprint density at radius 1 is 1.00 bits per heavy atom. The number of anilines is 3. The Balaban J connectivity index is 0.971. The number of hydrogen-bond acceptors (Lipinski definition) is 10.